The summed E-state index contributed by atoms with van der Waals surface area (Å²) in [6.45, 7) is 2.98. The number of ether oxygens (including phenoxy) is 3. The number of hydrogen-bond acceptors (Lipinski definition) is 5. The number of hydrogen-bond donors (Lipinski definition) is 1. The van der Waals surface area contributed by atoms with Crippen molar-refractivity contribution in [2.45, 2.75) is 26.0 Å². The maximum Gasteiger partial charge on any atom is 0.322 e. The van der Waals surface area contributed by atoms with Gasteiger partial charge in [-0.15, -0.1) is 0 Å². The van der Waals surface area contributed by atoms with Crippen LogP contribution in [0.5, 0.6) is 5.75 Å². The molecule has 0 saturated carbocycles. The van der Waals surface area contributed by atoms with E-state index in [1.165, 1.54) is 7.11 Å². The Labute approximate surface area is 113 Å². The molecular weight excluding hydrogens is 246 g/mol. The Kier molecular flexibility index (Phi) is 6.32. The van der Waals surface area contributed by atoms with Crippen molar-refractivity contribution in [3.8, 4) is 5.75 Å². The first-order valence-electron chi connectivity index (χ1n) is 6.19. The molecule has 1 aromatic carbocycles. The van der Waals surface area contributed by atoms with E-state index in [1.54, 1.807) is 7.11 Å². The van der Waals surface area contributed by atoms with Gasteiger partial charge in [0.15, 0.2) is 0 Å². The molecule has 19 heavy (non-hydrogen) atoms. The highest BCUT2D eigenvalue weighted by molar-refractivity contribution is 5.75. The van der Waals surface area contributed by atoms with E-state index in [-0.39, 0.29) is 0 Å². The predicted molar refractivity (Wildman–Crippen MR) is 72.0 cm³/mol. The van der Waals surface area contributed by atoms with Crippen LogP contribution in [0, 0.1) is 0 Å². The van der Waals surface area contributed by atoms with E-state index >= 15 is 0 Å². The predicted octanol–water partition coefficient (Wildman–Crippen LogP) is 1.27. The van der Waals surface area contributed by atoms with Crippen LogP contribution in [0.1, 0.15) is 18.1 Å². The number of carbonyl (C=O) groups excluding carboxylic acids is 1. The zero-order valence-corrected chi connectivity index (χ0v) is 11.6. The number of rotatable bonds is 7. The zero-order valence-electron chi connectivity index (χ0n) is 11.6. The zero-order chi connectivity index (χ0) is 14.3. The molecule has 0 saturated heterocycles. The Morgan fingerprint density at radius 2 is 2.11 bits per heavy atom. The molecule has 1 unspecified atom stereocenters. The van der Waals surface area contributed by atoms with Crippen molar-refractivity contribution in [2.24, 2.45) is 5.73 Å². The molecule has 0 aliphatic rings. The summed E-state index contributed by atoms with van der Waals surface area (Å²) in [4.78, 5) is 11.4. The van der Waals surface area contributed by atoms with E-state index in [0.717, 1.165) is 16.9 Å². The van der Waals surface area contributed by atoms with Crippen LogP contribution in [0.25, 0.3) is 0 Å². The fraction of sp³-hybridized carbons (Fsp3) is 0.500. The van der Waals surface area contributed by atoms with E-state index in [1.807, 2.05) is 25.1 Å². The minimum atomic E-state index is -0.693. The minimum absolute atomic E-state index is 0.375. The van der Waals surface area contributed by atoms with E-state index in [0.29, 0.717) is 19.6 Å². The maximum atomic E-state index is 11.4. The average molecular weight is 267 g/mol. The van der Waals surface area contributed by atoms with Crippen LogP contribution in [0.4, 0.5) is 0 Å². The number of esters is 1. The van der Waals surface area contributed by atoms with Gasteiger partial charge >= 0.3 is 5.97 Å². The number of carbonyl (C=O) groups is 1. The molecule has 5 nitrogen and oxygen atoms in total. The van der Waals surface area contributed by atoms with Gasteiger partial charge in [0, 0.05) is 13.5 Å². The lowest BCUT2D eigenvalue weighted by atomic mass is 10.0. The Morgan fingerprint density at radius 1 is 1.37 bits per heavy atom. The maximum absolute atomic E-state index is 11.4. The number of methoxy groups -OCH3 is 2. The Bertz CT molecular complexity index is 420. The Hall–Kier alpha value is -1.59. The average Bonchev–Trinajstić information content (AvgIpc) is 2.41. The number of nitrogens with two attached hydrogens (primary N) is 1. The largest absolute Gasteiger partial charge is 0.494 e. The van der Waals surface area contributed by atoms with Gasteiger partial charge in [0.1, 0.15) is 11.8 Å². The first-order valence-corrected chi connectivity index (χ1v) is 6.19. The Balaban J connectivity index is 2.92. The second-order valence-electron chi connectivity index (χ2n) is 4.14. The summed E-state index contributed by atoms with van der Waals surface area (Å²) in [5, 5.41) is 0. The molecule has 0 aromatic heterocycles. The molecule has 0 amide bonds. The monoisotopic (exact) mass is 267 g/mol. The van der Waals surface area contributed by atoms with Gasteiger partial charge in [0.25, 0.3) is 0 Å². The summed E-state index contributed by atoms with van der Waals surface area (Å²) >= 11 is 0. The first kappa shape index (κ1) is 15.5. The molecule has 1 aromatic rings. The van der Waals surface area contributed by atoms with Crippen LogP contribution in [0.15, 0.2) is 18.2 Å². The number of benzene rings is 1. The molecule has 0 heterocycles. The van der Waals surface area contributed by atoms with Crippen LogP contribution >= 0.6 is 0 Å². The van der Waals surface area contributed by atoms with Crippen LogP contribution in [-0.4, -0.2) is 32.8 Å². The summed E-state index contributed by atoms with van der Waals surface area (Å²) in [5.74, 6) is 0.307. The minimum Gasteiger partial charge on any atom is -0.494 e. The molecule has 0 bridgehead atoms. The highest BCUT2D eigenvalue weighted by Crippen LogP contribution is 2.22. The quantitative estimate of drug-likeness (QED) is 0.753. The van der Waals surface area contributed by atoms with Crippen molar-refractivity contribution in [3.05, 3.63) is 29.3 Å². The lowest BCUT2D eigenvalue weighted by Crippen LogP contribution is -2.33. The summed E-state index contributed by atoms with van der Waals surface area (Å²) in [7, 11) is 2.96. The van der Waals surface area contributed by atoms with Gasteiger partial charge in [-0.25, -0.2) is 0 Å². The van der Waals surface area contributed by atoms with Crippen molar-refractivity contribution in [1.29, 1.82) is 0 Å². The normalized spacial score (nSPS) is 12.0. The van der Waals surface area contributed by atoms with Crippen LogP contribution in [0.3, 0.4) is 0 Å². The lowest BCUT2D eigenvalue weighted by molar-refractivity contribution is -0.142. The molecular formula is C14H21NO4. The van der Waals surface area contributed by atoms with Crippen molar-refractivity contribution in [2.75, 3.05) is 20.8 Å². The molecule has 5 heteroatoms. The summed E-state index contributed by atoms with van der Waals surface area (Å²) in [6, 6.07) is 5.05. The molecule has 0 radical (unpaired) electrons. The molecule has 1 atom stereocenters. The van der Waals surface area contributed by atoms with Crippen molar-refractivity contribution >= 4 is 5.97 Å². The summed E-state index contributed by atoms with van der Waals surface area (Å²) < 4.78 is 15.3. The SMILES string of the molecule is CCOc1ccc(COC)cc1CC(N)C(=O)OC. The van der Waals surface area contributed by atoms with Gasteiger partial charge in [-0.3, -0.25) is 4.79 Å². The van der Waals surface area contributed by atoms with E-state index < -0.39 is 12.0 Å². The van der Waals surface area contributed by atoms with E-state index in [2.05, 4.69) is 4.74 Å². The fourth-order valence-electron chi connectivity index (χ4n) is 1.82. The lowest BCUT2D eigenvalue weighted by Gasteiger charge is -2.15. The smallest absolute Gasteiger partial charge is 0.322 e. The van der Waals surface area contributed by atoms with E-state index in [4.69, 9.17) is 15.2 Å². The topological polar surface area (TPSA) is 70.8 Å². The molecule has 2 N–H and O–H groups in total. The van der Waals surface area contributed by atoms with Gasteiger partial charge in [0.05, 0.1) is 20.3 Å². The summed E-state index contributed by atoms with van der Waals surface area (Å²) in [6.07, 6.45) is 0.375. The second kappa shape index (κ2) is 7.76. The van der Waals surface area contributed by atoms with Crippen molar-refractivity contribution < 1.29 is 19.0 Å². The van der Waals surface area contributed by atoms with E-state index in [9.17, 15) is 4.79 Å². The second-order valence-corrected chi connectivity index (χ2v) is 4.14. The van der Waals surface area contributed by atoms with Gasteiger partial charge in [0.2, 0.25) is 0 Å². The molecule has 1 rings (SSSR count). The van der Waals surface area contributed by atoms with Gasteiger partial charge < -0.3 is 19.9 Å². The standard InChI is InChI=1S/C14H21NO4/c1-4-19-13-6-5-10(9-17-2)7-11(13)8-12(15)14(16)18-3/h5-7,12H,4,8-9,15H2,1-3H3. The fourth-order valence-corrected chi connectivity index (χ4v) is 1.82. The molecule has 0 aliphatic carbocycles. The van der Waals surface area contributed by atoms with Gasteiger partial charge in [-0.05, 0) is 30.2 Å². The molecule has 106 valence electrons. The third-order valence-electron chi connectivity index (χ3n) is 2.68. The Morgan fingerprint density at radius 3 is 2.68 bits per heavy atom. The molecule has 0 spiro atoms. The third kappa shape index (κ3) is 4.54. The highest BCUT2D eigenvalue weighted by Gasteiger charge is 2.17. The van der Waals surface area contributed by atoms with Crippen LogP contribution in [0.2, 0.25) is 0 Å². The summed E-state index contributed by atoms with van der Waals surface area (Å²) in [5.41, 5.74) is 7.68. The van der Waals surface area contributed by atoms with Gasteiger partial charge in [-0.1, -0.05) is 6.07 Å². The first-order chi connectivity index (χ1) is 9.12. The van der Waals surface area contributed by atoms with Crippen LogP contribution in [-0.2, 0) is 27.3 Å². The third-order valence-corrected chi connectivity index (χ3v) is 2.68. The van der Waals surface area contributed by atoms with Gasteiger partial charge in [-0.2, -0.15) is 0 Å². The van der Waals surface area contributed by atoms with Crippen molar-refractivity contribution in [1.82, 2.24) is 0 Å². The van der Waals surface area contributed by atoms with Crippen molar-refractivity contribution in [3.63, 3.8) is 0 Å². The molecule has 0 aliphatic heterocycles. The highest BCUT2D eigenvalue weighted by atomic mass is 16.5. The molecule has 0 fully saturated rings. The van der Waals surface area contributed by atoms with Crippen LogP contribution < -0.4 is 10.5 Å².